The van der Waals surface area contributed by atoms with Gasteiger partial charge in [-0.1, -0.05) is 0 Å². The zero-order chi connectivity index (χ0) is 16.7. The Bertz CT molecular complexity index is 186. The molecule has 0 bridgehead atoms. The lowest BCUT2D eigenvalue weighted by molar-refractivity contribution is 0.558. The molecule has 0 aliphatic carbocycles. The average molecular weight is 361 g/mol. The average Bonchev–Trinajstić information content (AvgIpc) is 1.63. The number of hydrogen-bond acceptors (Lipinski definition) is 3. The summed E-state index contributed by atoms with van der Waals surface area (Å²) in [5, 5.41) is 0. The van der Waals surface area contributed by atoms with Crippen molar-refractivity contribution in [2.45, 2.75) is 78.6 Å². The molecule has 0 saturated heterocycles. The first kappa shape index (κ1) is 28.8. The molecule has 4 nitrogen and oxygen atoms in total. The maximum atomic E-state index is 8.66. The second kappa shape index (κ2) is 10.4. The monoisotopic (exact) mass is 360 g/mol. The summed E-state index contributed by atoms with van der Waals surface area (Å²) >= 11 is 0. The van der Waals surface area contributed by atoms with Crippen LogP contribution >= 0.6 is 0 Å². The molecule has 0 aromatic carbocycles. The fourth-order valence-corrected chi connectivity index (χ4v) is 8.27. The van der Waals surface area contributed by atoms with Gasteiger partial charge in [0.15, 0.2) is 33.3 Å². The Hall–Kier alpha value is 0.708. The Balaban J connectivity index is -0.000000101. The zero-order valence-electron chi connectivity index (χ0n) is 15.8. The zero-order valence-corrected chi connectivity index (χ0v) is 19.8. The third-order valence-electron chi connectivity index (χ3n) is 0.612. The van der Waals surface area contributed by atoms with E-state index in [-0.39, 0.29) is 5.48 Å². The van der Waals surface area contributed by atoms with Crippen molar-refractivity contribution in [2.24, 2.45) is 0 Å². The van der Waals surface area contributed by atoms with Crippen molar-refractivity contribution < 1.29 is 19.2 Å². The fourth-order valence-electron chi connectivity index (χ4n) is 0.919. The summed E-state index contributed by atoms with van der Waals surface area (Å²) in [4.78, 5) is 17.3. The Morgan fingerprint density at radius 3 is 0.600 bits per heavy atom. The van der Waals surface area contributed by atoms with Crippen molar-refractivity contribution in [1.82, 2.24) is 0 Å². The van der Waals surface area contributed by atoms with E-state index in [1.807, 2.05) is 39.3 Å². The van der Waals surface area contributed by atoms with Gasteiger partial charge in [-0.2, -0.15) is 0 Å². The van der Waals surface area contributed by atoms with Crippen molar-refractivity contribution in [2.75, 3.05) is 0 Å². The molecular formula is C12H40O4Si4. The Labute approximate surface area is 131 Å². The van der Waals surface area contributed by atoms with E-state index in [0.29, 0.717) is 0 Å². The molecule has 0 aromatic heterocycles. The van der Waals surface area contributed by atoms with Gasteiger partial charge in [0.2, 0.25) is 0 Å². The van der Waals surface area contributed by atoms with E-state index in [1.165, 1.54) is 0 Å². The second-order valence-electron chi connectivity index (χ2n) is 8.67. The maximum Gasteiger partial charge on any atom is 0.179 e. The van der Waals surface area contributed by atoms with Crippen molar-refractivity contribution in [3.05, 3.63) is 0 Å². The molecule has 0 heterocycles. The Kier molecular flexibility index (Phi) is 15.0. The van der Waals surface area contributed by atoms with Crippen LogP contribution < -0.4 is 0 Å². The van der Waals surface area contributed by atoms with Gasteiger partial charge in [0.05, 0.1) is 0 Å². The lowest BCUT2D eigenvalue weighted by Gasteiger charge is -2.27. The quantitative estimate of drug-likeness (QED) is 0.740. The highest BCUT2D eigenvalue weighted by Gasteiger charge is 2.24. The largest absolute Gasteiger partial charge is 0.456 e. The van der Waals surface area contributed by atoms with Crippen LogP contribution in [0.4, 0.5) is 0 Å². The van der Waals surface area contributed by atoms with Crippen LogP contribution in [0, 0.1) is 0 Å². The second-order valence-corrected chi connectivity index (χ2v) is 26.6. The van der Waals surface area contributed by atoms with E-state index < -0.39 is 33.3 Å². The lowest BCUT2D eigenvalue weighted by Crippen LogP contribution is -2.39. The summed E-state index contributed by atoms with van der Waals surface area (Å²) < 4.78 is 5.90. The van der Waals surface area contributed by atoms with Crippen molar-refractivity contribution in [3.8, 4) is 0 Å². The molecular weight excluding hydrogens is 320 g/mol. The van der Waals surface area contributed by atoms with E-state index in [0.717, 1.165) is 0 Å². The predicted octanol–water partition coefficient (Wildman–Crippen LogP) is 3.48. The smallest absolute Gasteiger partial charge is 0.179 e. The first-order valence-corrected chi connectivity index (χ1v) is 20.6. The Morgan fingerprint density at radius 1 is 0.500 bits per heavy atom. The van der Waals surface area contributed by atoms with Gasteiger partial charge in [0, 0.05) is 0 Å². The van der Waals surface area contributed by atoms with Gasteiger partial charge in [-0.15, -0.1) is 0 Å². The highest BCUT2D eigenvalue weighted by molar-refractivity contribution is 6.83. The van der Waals surface area contributed by atoms with Gasteiger partial charge < -0.3 is 19.2 Å². The van der Waals surface area contributed by atoms with Crippen LogP contribution in [0.3, 0.4) is 0 Å². The number of hydrogen-bond donors (Lipinski definition) is 2. The summed E-state index contributed by atoms with van der Waals surface area (Å²) in [5.74, 6) is 0. The standard InChI is InChI=1S/C6H18OSi2.2C3H10OSi.H2O/c1-8(2,3)7-9(4,5)6;2*1-5(2,3)4;/h1-6H3;2*4H,1-3H3;1H2. The molecule has 0 saturated carbocycles. The molecule has 0 radical (unpaired) electrons. The van der Waals surface area contributed by atoms with Gasteiger partial charge in [-0.25, -0.2) is 0 Å². The molecule has 0 aliphatic rings. The first-order valence-electron chi connectivity index (χ1n) is 6.86. The Morgan fingerprint density at radius 2 is 0.600 bits per heavy atom. The summed E-state index contributed by atoms with van der Waals surface area (Å²) in [7, 11) is -5.68. The van der Waals surface area contributed by atoms with Crippen LogP contribution in [0.5, 0.6) is 0 Å². The first-order chi connectivity index (χ1) is 7.71. The number of rotatable bonds is 2. The van der Waals surface area contributed by atoms with E-state index in [1.54, 1.807) is 0 Å². The summed E-state index contributed by atoms with van der Waals surface area (Å²) in [5.41, 5.74) is 0. The van der Waals surface area contributed by atoms with Crippen molar-refractivity contribution in [3.63, 3.8) is 0 Å². The van der Waals surface area contributed by atoms with Crippen LogP contribution in [-0.4, -0.2) is 48.3 Å². The van der Waals surface area contributed by atoms with Crippen molar-refractivity contribution in [1.29, 1.82) is 0 Å². The minimum atomic E-state index is -1.61. The third kappa shape index (κ3) is 130. The molecule has 4 N–H and O–H groups in total. The maximum absolute atomic E-state index is 8.66. The molecule has 20 heavy (non-hydrogen) atoms. The predicted molar refractivity (Wildman–Crippen MR) is 103 cm³/mol. The van der Waals surface area contributed by atoms with Crippen LogP contribution in [0.25, 0.3) is 0 Å². The minimum Gasteiger partial charge on any atom is -0.456 e. The molecule has 0 rings (SSSR count). The SMILES string of the molecule is C[Si](C)(C)O.C[Si](C)(C)O.C[Si](C)(C)O[Si](C)(C)C.O. The van der Waals surface area contributed by atoms with E-state index in [9.17, 15) is 0 Å². The van der Waals surface area contributed by atoms with Gasteiger partial charge in [0.1, 0.15) is 0 Å². The normalized spacial score (nSPS) is 12.3. The summed E-state index contributed by atoms with van der Waals surface area (Å²) in [6, 6.07) is 0. The van der Waals surface area contributed by atoms with Gasteiger partial charge in [-0.05, 0) is 78.6 Å². The highest BCUT2D eigenvalue weighted by Crippen LogP contribution is 2.12. The fraction of sp³-hybridized carbons (Fsp3) is 1.00. The molecule has 0 aromatic rings. The molecule has 0 amide bonds. The molecule has 0 atom stereocenters. The molecule has 0 fully saturated rings. The topological polar surface area (TPSA) is 81.2 Å². The van der Waals surface area contributed by atoms with Gasteiger partial charge >= 0.3 is 0 Å². The third-order valence-corrected chi connectivity index (χ3v) is 5.51. The van der Waals surface area contributed by atoms with E-state index >= 15 is 0 Å². The van der Waals surface area contributed by atoms with Crippen LogP contribution in [0.15, 0.2) is 0 Å². The molecule has 0 spiro atoms. The molecule has 0 unspecified atom stereocenters. The van der Waals surface area contributed by atoms with E-state index in [2.05, 4.69) is 39.3 Å². The van der Waals surface area contributed by atoms with Crippen LogP contribution in [0.2, 0.25) is 78.6 Å². The minimum absolute atomic E-state index is 0. The van der Waals surface area contributed by atoms with Gasteiger partial charge in [0.25, 0.3) is 0 Å². The lowest BCUT2D eigenvalue weighted by atomic mass is 11.8. The molecule has 0 aliphatic heterocycles. The summed E-state index contributed by atoms with van der Waals surface area (Å²) in [6.45, 7) is 24.7. The van der Waals surface area contributed by atoms with Crippen LogP contribution in [0.1, 0.15) is 0 Å². The van der Waals surface area contributed by atoms with Crippen molar-refractivity contribution >= 4 is 33.3 Å². The van der Waals surface area contributed by atoms with Gasteiger partial charge in [-0.3, -0.25) is 0 Å². The highest BCUT2D eigenvalue weighted by atomic mass is 28.4. The molecule has 8 heteroatoms. The summed E-state index contributed by atoms with van der Waals surface area (Å²) in [6.07, 6.45) is 0. The van der Waals surface area contributed by atoms with E-state index in [4.69, 9.17) is 13.7 Å². The van der Waals surface area contributed by atoms with Crippen LogP contribution in [-0.2, 0) is 4.12 Å². The molecule has 128 valence electrons.